The van der Waals surface area contributed by atoms with Crippen LogP contribution in [0.3, 0.4) is 0 Å². The van der Waals surface area contributed by atoms with Gasteiger partial charge in [-0.2, -0.15) is 0 Å². The van der Waals surface area contributed by atoms with Crippen LogP contribution in [0.1, 0.15) is 29.9 Å². The molecular weight excluding hydrogens is 530 g/mol. The van der Waals surface area contributed by atoms with Gasteiger partial charge in [0.1, 0.15) is 4.83 Å². The van der Waals surface area contributed by atoms with E-state index in [1.807, 2.05) is 52.9 Å². The summed E-state index contributed by atoms with van der Waals surface area (Å²) in [5.74, 6) is 0.642. The van der Waals surface area contributed by atoms with Gasteiger partial charge in [-0.1, -0.05) is 60.3 Å². The van der Waals surface area contributed by atoms with E-state index in [-0.39, 0.29) is 22.8 Å². The maximum absolute atomic E-state index is 14.0. The van der Waals surface area contributed by atoms with Crippen LogP contribution < -0.4 is 10.5 Å². The summed E-state index contributed by atoms with van der Waals surface area (Å²) in [5, 5.41) is 10.2. The van der Waals surface area contributed by atoms with Crippen molar-refractivity contribution < 1.29 is 9.53 Å². The van der Waals surface area contributed by atoms with Crippen molar-refractivity contribution in [2.75, 3.05) is 17.7 Å². The standard InChI is InChI=1S/C29H29N5O3S2/c1-29(2)16-21-22(17-37-29)39-26-24(21)25(36)33(15-14-19-10-6-4-7-11-19)27-30-31-28(34(26)27)38-18-23(35)32(3)20-12-8-5-9-13-20/h4-13H,14-18H2,1-3H3. The second-order valence-corrected chi connectivity index (χ2v) is 12.3. The first kappa shape index (κ1) is 25.8. The number of aryl methyl sites for hydroxylation is 2. The summed E-state index contributed by atoms with van der Waals surface area (Å²) >= 11 is 2.89. The number of hydrogen-bond acceptors (Lipinski definition) is 7. The van der Waals surface area contributed by atoms with Crippen molar-refractivity contribution in [1.82, 2.24) is 19.2 Å². The zero-order chi connectivity index (χ0) is 27.1. The molecule has 0 saturated carbocycles. The van der Waals surface area contributed by atoms with Crippen molar-refractivity contribution in [1.29, 1.82) is 0 Å². The van der Waals surface area contributed by atoms with Gasteiger partial charge in [0, 0.05) is 30.6 Å². The summed E-state index contributed by atoms with van der Waals surface area (Å²) in [6.07, 6.45) is 1.35. The van der Waals surface area contributed by atoms with Crippen molar-refractivity contribution in [2.24, 2.45) is 0 Å². The average molecular weight is 560 g/mol. The molecule has 0 atom stereocenters. The molecule has 10 heteroatoms. The molecular formula is C29H29N5O3S2. The summed E-state index contributed by atoms with van der Waals surface area (Å²) in [5.41, 5.74) is 2.63. The van der Waals surface area contributed by atoms with Crippen LogP contribution in [-0.2, 0) is 35.5 Å². The smallest absolute Gasteiger partial charge is 0.263 e. The van der Waals surface area contributed by atoms with Crippen LogP contribution in [0, 0.1) is 0 Å². The lowest BCUT2D eigenvalue weighted by Crippen LogP contribution is -2.32. The van der Waals surface area contributed by atoms with Crippen LogP contribution >= 0.6 is 23.1 Å². The normalized spacial score (nSPS) is 14.5. The minimum atomic E-state index is -0.351. The minimum Gasteiger partial charge on any atom is -0.370 e. The fourth-order valence-corrected chi connectivity index (χ4v) is 7.08. The van der Waals surface area contributed by atoms with Crippen LogP contribution in [0.2, 0.25) is 0 Å². The predicted molar refractivity (Wildman–Crippen MR) is 156 cm³/mol. The summed E-state index contributed by atoms with van der Waals surface area (Å²) in [7, 11) is 1.77. The van der Waals surface area contributed by atoms with E-state index in [1.54, 1.807) is 27.9 Å². The Labute approximate surface area is 234 Å². The van der Waals surface area contributed by atoms with Crippen molar-refractivity contribution in [3.05, 3.63) is 87.0 Å². The molecule has 0 unspecified atom stereocenters. The zero-order valence-electron chi connectivity index (χ0n) is 22.1. The highest BCUT2D eigenvalue weighted by Crippen LogP contribution is 2.38. The van der Waals surface area contributed by atoms with Crippen LogP contribution in [0.25, 0.3) is 16.0 Å². The third-order valence-electron chi connectivity index (χ3n) is 7.10. The lowest BCUT2D eigenvalue weighted by molar-refractivity contribution is -0.115. The number of carbonyl (C=O) groups is 1. The van der Waals surface area contributed by atoms with Gasteiger partial charge in [0.2, 0.25) is 11.7 Å². The van der Waals surface area contributed by atoms with Gasteiger partial charge in [0.05, 0.1) is 23.3 Å². The highest BCUT2D eigenvalue weighted by molar-refractivity contribution is 7.99. The monoisotopic (exact) mass is 559 g/mol. The number of nitrogens with zero attached hydrogens (tertiary/aromatic N) is 5. The SMILES string of the molecule is CN(C(=O)CSc1nnc2n(CCc3ccccc3)c(=O)c3c4c(sc3n12)COC(C)(C)C4)c1ccccc1. The third kappa shape index (κ3) is 4.88. The number of hydrogen-bond donors (Lipinski definition) is 0. The molecule has 0 saturated heterocycles. The topological polar surface area (TPSA) is 81.7 Å². The number of anilines is 1. The van der Waals surface area contributed by atoms with Gasteiger partial charge in [-0.15, -0.1) is 21.5 Å². The second kappa shape index (κ2) is 10.3. The van der Waals surface area contributed by atoms with Crippen molar-refractivity contribution in [2.45, 2.75) is 50.6 Å². The number of aromatic nitrogens is 4. The number of carbonyl (C=O) groups excluding carboxylic acids is 1. The van der Waals surface area contributed by atoms with Crippen LogP contribution in [0.5, 0.6) is 0 Å². The Kier molecular flexibility index (Phi) is 6.78. The Morgan fingerprint density at radius 2 is 1.82 bits per heavy atom. The molecule has 2 aromatic carbocycles. The molecule has 4 heterocycles. The number of amides is 1. The molecule has 1 aliphatic heterocycles. The van der Waals surface area contributed by atoms with E-state index in [2.05, 4.69) is 36.2 Å². The number of thiophene rings is 1. The highest BCUT2D eigenvalue weighted by Gasteiger charge is 2.32. The number of ether oxygens (including phenoxy) is 1. The summed E-state index contributed by atoms with van der Waals surface area (Å²) < 4.78 is 9.77. The molecule has 5 aromatic rings. The van der Waals surface area contributed by atoms with Crippen LogP contribution in [0.15, 0.2) is 70.6 Å². The van der Waals surface area contributed by atoms with E-state index in [0.717, 1.165) is 26.5 Å². The van der Waals surface area contributed by atoms with Crippen molar-refractivity contribution in [3.8, 4) is 0 Å². The molecule has 200 valence electrons. The molecule has 0 radical (unpaired) electrons. The Balaban J connectivity index is 1.42. The molecule has 39 heavy (non-hydrogen) atoms. The van der Waals surface area contributed by atoms with E-state index >= 15 is 0 Å². The van der Waals surface area contributed by atoms with Gasteiger partial charge in [0.25, 0.3) is 5.56 Å². The number of benzene rings is 2. The third-order valence-corrected chi connectivity index (χ3v) is 9.20. The molecule has 0 N–H and O–H groups in total. The van der Waals surface area contributed by atoms with Crippen molar-refractivity contribution >= 4 is 50.7 Å². The van der Waals surface area contributed by atoms with E-state index in [1.165, 1.54) is 11.8 Å². The first-order valence-corrected chi connectivity index (χ1v) is 14.7. The van der Waals surface area contributed by atoms with Crippen LogP contribution in [0.4, 0.5) is 5.69 Å². The van der Waals surface area contributed by atoms with Gasteiger partial charge in [0.15, 0.2) is 5.16 Å². The van der Waals surface area contributed by atoms with Gasteiger partial charge in [-0.05, 0) is 43.5 Å². The molecule has 8 nitrogen and oxygen atoms in total. The Morgan fingerprint density at radius 1 is 1.10 bits per heavy atom. The fraction of sp³-hybridized carbons (Fsp3) is 0.310. The maximum Gasteiger partial charge on any atom is 0.263 e. The van der Waals surface area contributed by atoms with Gasteiger partial charge < -0.3 is 9.64 Å². The second-order valence-electron chi connectivity index (χ2n) is 10.3. The molecule has 3 aromatic heterocycles. The van der Waals surface area contributed by atoms with Gasteiger partial charge >= 0.3 is 0 Å². The predicted octanol–water partition coefficient (Wildman–Crippen LogP) is 4.95. The summed E-state index contributed by atoms with van der Waals surface area (Å²) in [6, 6.07) is 19.7. The quantitative estimate of drug-likeness (QED) is 0.262. The minimum absolute atomic E-state index is 0.0442. The average Bonchev–Trinajstić information content (AvgIpc) is 3.53. The molecule has 1 amide bonds. The zero-order valence-corrected chi connectivity index (χ0v) is 23.7. The van der Waals surface area contributed by atoms with E-state index < -0.39 is 0 Å². The van der Waals surface area contributed by atoms with Gasteiger partial charge in [-0.25, -0.2) is 4.40 Å². The number of rotatable bonds is 7. The lowest BCUT2D eigenvalue weighted by atomic mass is 9.94. The lowest BCUT2D eigenvalue weighted by Gasteiger charge is -2.29. The van der Waals surface area contributed by atoms with E-state index in [0.29, 0.717) is 42.3 Å². The highest BCUT2D eigenvalue weighted by atomic mass is 32.2. The first-order chi connectivity index (χ1) is 18.8. The number of para-hydroxylation sites is 1. The maximum atomic E-state index is 14.0. The van der Waals surface area contributed by atoms with Crippen LogP contribution in [-0.4, -0.2) is 43.5 Å². The number of fused-ring (bicyclic) bond motifs is 5. The molecule has 6 rings (SSSR count). The largest absolute Gasteiger partial charge is 0.370 e. The van der Waals surface area contributed by atoms with E-state index in [4.69, 9.17) is 4.74 Å². The fourth-order valence-electron chi connectivity index (χ4n) is 4.96. The molecule has 1 aliphatic rings. The molecule has 0 spiro atoms. The molecule has 0 bridgehead atoms. The Bertz CT molecular complexity index is 1720. The Hall–Kier alpha value is -3.47. The molecule has 0 aliphatic carbocycles. The molecule has 0 fully saturated rings. The number of thioether (sulfide) groups is 1. The van der Waals surface area contributed by atoms with Crippen molar-refractivity contribution in [3.63, 3.8) is 0 Å². The van der Waals surface area contributed by atoms with Gasteiger partial charge in [-0.3, -0.25) is 14.2 Å². The summed E-state index contributed by atoms with van der Waals surface area (Å²) in [6.45, 7) is 5.06. The Morgan fingerprint density at radius 3 is 2.56 bits per heavy atom. The summed E-state index contributed by atoms with van der Waals surface area (Å²) in [4.78, 5) is 30.6. The van der Waals surface area contributed by atoms with E-state index in [9.17, 15) is 9.59 Å². The first-order valence-electron chi connectivity index (χ1n) is 12.9.